The van der Waals surface area contributed by atoms with Crippen molar-refractivity contribution in [3.8, 4) is 6.07 Å². The van der Waals surface area contributed by atoms with Crippen molar-refractivity contribution in [2.75, 3.05) is 0 Å². The molecular formula is C16H26N2O. The van der Waals surface area contributed by atoms with E-state index in [0.29, 0.717) is 5.92 Å². The van der Waals surface area contributed by atoms with Crippen LogP contribution in [0.1, 0.15) is 59.8 Å². The number of hydrogen-bond donors (Lipinski definition) is 1. The summed E-state index contributed by atoms with van der Waals surface area (Å²) < 4.78 is 0. The Morgan fingerprint density at radius 2 is 1.68 bits per heavy atom. The summed E-state index contributed by atoms with van der Waals surface area (Å²) in [5.74, 6) is 0.472. The van der Waals surface area contributed by atoms with Gasteiger partial charge in [0.1, 0.15) is 6.04 Å². The zero-order valence-corrected chi connectivity index (χ0v) is 12.6. The van der Waals surface area contributed by atoms with E-state index in [0.717, 1.165) is 12.8 Å². The summed E-state index contributed by atoms with van der Waals surface area (Å²) in [5.41, 5.74) is 0.0906. The van der Waals surface area contributed by atoms with Crippen LogP contribution in [0.25, 0.3) is 0 Å². The van der Waals surface area contributed by atoms with Gasteiger partial charge in [0.2, 0.25) is 5.91 Å². The minimum Gasteiger partial charge on any atom is -0.340 e. The quantitative estimate of drug-likeness (QED) is 0.848. The van der Waals surface area contributed by atoms with Gasteiger partial charge in [-0.1, -0.05) is 47.0 Å². The second-order valence-corrected chi connectivity index (χ2v) is 7.39. The molecule has 2 rings (SSSR count). The molecule has 1 unspecified atom stereocenters. The van der Waals surface area contributed by atoms with Crippen LogP contribution in [0.5, 0.6) is 0 Å². The number of nitrogens with one attached hydrogen (secondary N) is 1. The third-order valence-corrected chi connectivity index (χ3v) is 5.84. The fourth-order valence-corrected chi connectivity index (χ4v) is 3.81. The van der Waals surface area contributed by atoms with E-state index < -0.39 is 0 Å². The Hall–Kier alpha value is -1.04. The number of carbonyl (C=O) groups is 1. The lowest BCUT2D eigenvalue weighted by atomic mass is 9.84. The number of hydrogen-bond acceptors (Lipinski definition) is 2. The van der Waals surface area contributed by atoms with Gasteiger partial charge < -0.3 is 5.32 Å². The number of carbonyl (C=O) groups excluding carboxylic acids is 1. The topological polar surface area (TPSA) is 52.9 Å². The highest BCUT2D eigenvalue weighted by molar-refractivity contribution is 5.84. The Morgan fingerprint density at radius 3 is 2.11 bits per heavy atom. The molecule has 0 saturated heterocycles. The molecule has 0 aliphatic heterocycles. The van der Waals surface area contributed by atoms with Crippen LogP contribution in [-0.4, -0.2) is 11.9 Å². The molecule has 1 N–H and O–H groups in total. The van der Waals surface area contributed by atoms with E-state index in [4.69, 9.17) is 0 Å². The fraction of sp³-hybridized carbons (Fsp3) is 0.875. The van der Waals surface area contributed by atoms with Crippen LogP contribution >= 0.6 is 0 Å². The molecule has 3 heteroatoms. The minimum atomic E-state index is -0.292. The van der Waals surface area contributed by atoms with Gasteiger partial charge in [0, 0.05) is 5.92 Å². The van der Waals surface area contributed by atoms with E-state index >= 15 is 0 Å². The molecule has 0 bridgehead atoms. The Balaban J connectivity index is 1.96. The average molecular weight is 262 g/mol. The van der Waals surface area contributed by atoms with Gasteiger partial charge in [-0.3, -0.25) is 4.79 Å². The lowest BCUT2D eigenvalue weighted by Crippen LogP contribution is -2.41. The van der Waals surface area contributed by atoms with E-state index in [1.165, 1.54) is 19.3 Å². The van der Waals surface area contributed by atoms with Crippen LogP contribution in [0, 0.1) is 34.0 Å². The summed E-state index contributed by atoms with van der Waals surface area (Å²) in [7, 11) is 0. The second-order valence-electron chi connectivity index (χ2n) is 7.39. The van der Waals surface area contributed by atoms with Gasteiger partial charge in [-0.05, 0) is 29.6 Å². The smallest absolute Gasteiger partial charge is 0.225 e. The fourth-order valence-electron chi connectivity index (χ4n) is 3.81. The maximum atomic E-state index is 12.4. The molecule has 2 saturated carbocycles. The monoisotopic (exact) mass is 262 g/mol. The Kier molecular flexibility index (Phi) is 3.64. The number of rotatable bonds is 3. The molecule has 0 aromatic heterocycles. The first-order valence-electron chi connectivity index (χ1n) is 7.52. The summed E-state index contributed by atoms with van der Waals surface area (Å²) in [6, 6.07) is 2.02. The SMILES string of the molecule is CC1(C)C(C(=O)NC(C#N)C2CCCCC2)C1(C)C. The largest absolute Gasteiger partial charge is 0.340 e. The van der Waals surface area contributed by atoms with Gasteiger partial charge in [-0.2, -0.15) is 5.26 Å². The standard InChI is InChI=1S/C16H26N2O/c1-15(2)13(16(15,3)4)14(19)18-12(10-17)11-8-6-5-7-9-11/h11-13H,5-9H2,1-4H3,(H,18,19). The summed E-state index contributed by atoms with van der Waals surface area (Å²) in [5, 5.41) is 12.3. The molecule has 1 atom stereocenters. The van der Waals surface area contributed by atoms with Crippen molar-refractivity contribution >= 4 is 5.91 Å². The molecule has 3 nitrogen and oxygen atoms in total. The predicted octanol–water partition coefficient (Wildman–Crippen LogP) is 3.26. The maximum Gasteiger partial charge on any atom is 0.225 e. The maximum absolute atomic E-state index is 12.4. The van der Waals surface area contributed by atoms with Gasteiger partial charge in [0.15, 0.2) is 0 Å². The van der Waals surface area contributed by atoms with Crippen LogP contribution in [0.3, 0.4) is 0 Å². The normalized spacial score (nSPS) is 27.3. The first-order valence-corrected chi connectivity index (χ1v) is 7.52. The predicted molar refractivity (Wildman–Crippen MR) is 75.2 cm³/mol. The first kappa shape index (κ1) is 14.4. The molecule has 0 heterocycles. The Morgan fingerprint density at radius 1 is 1.16 bits per heavy atom. The highest BCUT2D eigenvalue weighted by Gasteiger charge is 2.68. The molecule has 0 aromatic carbocycles. The van der Waals surface area contributed by atoms with E-state index in [1.54, 1.807) is 0 Å². The van der Waals surface area contributed by atoms with Crippen molar-refractivity contribution < 1.29 is 4.79 Å². The average Bonchev–Trinajstić information content (AvgIpc) is 2.77. The summed E-state index contributed by atoms with van der Waals surface area (Å²) >= 11 is 0. The molecule has 0 aromatic rings. The Bertz CT molecular complexity index is 385. The van der Waals surface area contributed by atoms with Crippen molar-refractivity contribution in [1.82, 2.24) is 5.32 Å². The zero-order valence-electron chi connectivity index (χ0n) is 12.6. The number of nitriles is 1. The highest BCUT2D eigenvalue weighted by atomic mass is 16.2. The number of nitrogens with zero attached hydrogens (tertiary/aromatic N) is 1. The van der Waals surface area contributed by atoms with E-state index in [9.17, 15) is 10.1 Å². The molecule has 2 fully saturated rings. The van der Waals surface area contributed by atoms with Crippen molar-refractivity contribution in [3.05, 3.63) is 0 Å². The van der Waals surface area contributed by atoms with E-state index in [-0.39, 0.29) is 28.7 Å². The minimum absolute atomic E-state index is 0.0411. The molecule has 0 spiro atoms. The Labute approximate surface area is 116 Å². The first-order chi connectivity index (χ1) is 8.82. The second kappa shape index (κ2) is 4.81. The zero-order chi connectivity index (χ0) is 14.3. The lowest BCUT2D eigenvalue weighted by molar-refractivity contribution is -0.124. The molecule has 19 heavy (non-hydrogen) atoms. The van der Waals surface area contributed by atoms with Gasteiger partial charge >= 0.3 is 0 Å². The molecule has 2 aliphatic carbocycles. The van der Waals surface area contributed by atoms with Crippen LogP contribution < -0.4 is 5.32 Å². The van der Waals surface area contributed by atoms with Crippen LogP contribution in [0.2, 0.25) is 0 Å². The summed E-state index contributed by atoms with van der Waals surface area (Å²) in [4.78, 5) is 12.4. The third-order valence-electron chi connectivity index (χ3n) is 5.84. The highest BCUT2D eigenvalue weighted by Crippen LogP contribution is 2.68. The van der Waals surface area contributed by atoms with Crippen molar-refractivity contribution in [1.29, 1.82) is 5.26 Å². The summed E-state index contributed by atoms with van der Waals surface area (Å²) in [6.07, 6.45) is 5.81. The van der Waals surface area contributed by atoms with Crippen molar-refractivity contribution in [3.63, 3.8) is 0 Å². The van der Waals surface area contributed by atoms with Crippen LogP contribution in [0.4, 0.5) is 0 Å². The summed E-state index contributed by atoms with van der Waals surface area (Å²) in [6.45, 7) is 8.55. The van der Waals surface area contributed by atoms with Gasteiger partial charge in [-0.15, -0.1) is 0 Å². The molecule has 106 valence electrons. The van der Waals surface area contributed by atoms with Crippen molar-refractivity contribution in [2.45, 2.75) is 65.8 Å². The molecule has 2 aliphatic rings. The van der Waals surface area contributed by atoms with Gasteiger partial charge in [0.05, 0.1) is 6.07 Å². The molecule has 0 radical (unpaired) electrons. The van der Waals surface area contributed by atoms with Gasteiger partial charge in [0.25, 0.3) is 0 Å². The molecule has 1 amide bonds. The number of amides is 1. The van der Waals surface area contributed by atoms with Crippen molar-refractivity contribution in [2.24, 2.45) is 22.7 Å². The van der Waals surface area contributed by atoms with Crippen LogP contribution in [0.15, 0.2) is 0 Å². The third kappa shape index (κ3) is 2.38. The van der Waals surface area contributed by atoms with E-state index in [2.05, 4.69) is 39.1 Å². The van der Waals surface area contributed by atoms with Gasteiger partial charge in [-0.25, -0.2) is 0 Å². The lowest BCUT2D eigenvalue weighted by Gasteiger charge is -2.26. The van der Waals surface area contributed by atoms with E-state index in [1.807, 2.05) is 0 Å². The van der Waals surface area contributed by atoms with Crippen LogP contribution in [-0.2, 0) is 4.79 Å². The molecular weight excluding hydrogens is 236 g/mol.